The molecule has 16 heavy (non-hydrogen) atoms. The summed E-state index contributed by atoms with van der Waals surface area (Å²) in [6, 6.07) is 7.89. The third kappa shape index (κ3) is 3.26. The number of nitrogen functional groups attached to an aromatic ring is 1. The summed E-state index contributed by atoms with van der Waals surface area (Å²) in [5.41, 5.74) is 7.54. The molecule has 1 aromatic carbocycles. The fourth-order valence-corrected chi connectivity index (χ4v) is 1.65. The average molecular weight is 220 g/mol. The first-order valence-corrected chi connectivity index (χ1v) is 5.68. The zero-order valence-corrected chi connectivity index (χ0v) is 10.2. The number of anilines is 1. The standard InChI is InChI=1S/C13H20N2O/c1-4-13(16)15(10(2)3)9-11-6-5-7-12(14)8-11/h5-8,10H,4,9,14H2,1-3H3. The van der Waals surface area contributed by atoms with E-state index in [1.165, 1.54) is 0 Å². The van der Waals surface area contributed by atoms with Gasteiger partial charge in [0, 0.05) is 24.7 Å². The molecule has 0 saturated carbocycles. The molecule has 0 aliphatic heterocycles. The van der Waals surface area contributed by atoms with E-state index in [1.54, 1.807) is 0 Å². The molecule has 0 heterocycles. The molecule has 0 radical (unpaired) electrons. The van der Waals surface area contributed by atoms with Crippen LogP contribution in [0.4, 0.5) is 5.69 Å². The normalized spacial score (nSPS) is 10.5. The molecule has 88 valence electrons. The van der Waals surface area contributed by atoms with Crippen molar-refractivity contribution in [2.75, 3.05) is 5.73 Å². The van der Waals surface area contributed by atoms with Crippen molar-refractivity contribution in [2.24, 2.45) is 0 Å². The van der Waals surface area contributed by atoms with Crippen LogP contribution in [0.5, 0.6) is 0 Å². The van der Waals surface area contributed by atoms with Gasteiger partial charge in [-0.1, -0.05) is 19.1 Å². The number of nitrogens with zero attached hydrogens (tertiary/aromatic N) is 1. The van der Waals surface area contributed by atoms with E-state index >= 15 is 0 Å². The van der Waals surface area contributed by atoms with Crippen LogP contribution in [0, 0.1) is 0 Å². The number of hydrogen-bond donors (Lipinski definition) is 1. The largest absolute Gasteiger partial charge is 0.399 e. The maximum Gasteiger partial charge on any atom is 0.222 e. The maximum absolute atomic E-state index is 11.7. The van der Waals surface area contributed by atoms with Gasteiger partial charge in [-0.25, -0.2) is 0 Å². The highest BCUT2D eigenvalue weighted by Gasteiger charge is 2.15. The Bertz CT molecular complexity index is 361. The molecule has 3 heteroatoms. The Hall–Kier alpha value is -1.51. The lowest BCUT2D eigenvalue weighted by atomic mass is 10.1. The van der Waals surface area contributed by atoms with Crippen LogP contribution in [-0.2, 0) is 11.3 Å². The zero-order chi connectivity index (χ0) is 12.1. The number of nitrogens with two attached hydrogens (primary N) is 1. The summed E-state index contributed by atoms with van der Waals surface area (Å²) in [6.45, 7) is 6.58. The van der Waals surface area contributed by atoms with Crippen molar-refractivity contribution in [3.05, 3.63) is 29.8 Å². The summed E-state index contributed by atoms with van der Waals surface area (Å²) in [6.07, 6.45) is 0.542. The van der Waals surface area contributed by atoms with Gasteiger partial charge in [-0.2, -0.15) is 0 Å². The van der Waals surface area contributed by atoms with Crippen molar-refractivity contribution in [1.82, 2.24) is 4.90 Å². The topological polar surface area (TPSA) is 46.3 Å². The Morgan fingerprint density at radius 2 is 2.12 bits per heavy atom. The van der Waals surface area contributed by atoms with Crippen molar-refractivity contribution in [3.8, 4) is 0 Å². The van der Waals surface area contributed by atoms with Crippen LogP contribution in [-0.4, -0.2) is 16.8 Å². The minimum absolute atomic E-state index is 0.178. The third-order valence-corrected chi connectivity index (χ3v) is 2.55. The second kappa shape index (κ2) is 5.54. The predicted octanol–water partition coefficient (Wildman–Crippen LogP) is 2.42. The van der Waals surface area contributed by atoms with Gasteiger partial charge in [-0.05, 0) is 31.5 Å². The quantitative estimate of drug-likeness (QED) is 0.792. The number of carbonyl (C=O) groups is 1. The smallest absolute Gasteiger partial charge is 0.222 e. The van der Waals surface area contributed by atoms with Crippen molar-refractivity contribution in [2.45, 2.75) is 39.8 Å². The number of hydrogen-bond acceptors (Lipinski definition) is 2. The van der Waals surface area contributed by atoms with E-state index in [9.17, 15) is 4.79 Å². The first-order valence-electron chi connectivity index (χ1n) is 5.68. The molecule has 1 rings (SSSR count). The Labute approximate surface area is 97.2 Å². The summed E-state index contributed by atoms with van der Waals surface area (Å²) in [7, 11) is 0. The zero-order valence-electron chi connectivity index (χ0n) is 10.2. The number of carbonyl (C=O) groups excluding carboxylic acids is 1. The van der Waals surface area contributed by atoms with Gasteiger partial charge in [0.05, 0.1) is 0 Å². The summed E-state index contributed by atoms with van der Waals surface area (Å²) in [4.78, 5) is 13.6. The molecular formula is C13H20N2O. The summed E-state index contributed by atoms with van der Waals surface area (Å²) >= 11 is 0. The number of benzene rings is 1. The predicted molar refractivity (Wildman–Crippen MR) is 66.8 cm³/mol. The molecule has 0 spiro atoms. The van der Waals surface area contributed by atoms with Crippen molar-refractivity contribution in [3.63, 3.8) is 0 Å². The second-order valence-corrected chi connectivity index (χ2v) is 4.21. The molecule has 2 N–H and O–H groups in total. The lowest BCUT2D eigenvalue weighted by molar-refractivity contribution is -0.133. The average Bonchev–Trinajstić information content (AvgIpc) is 2.24. The monoisotopic (exact) mass is 220 g/mol. The van der Waals surface area contributed by atoms with Crippen LogP contribution in [0.25, 0.3) is 0 Å². The molecule has 0 aromatic heterocycles. The van der Waals surface area contributed by atoms with Crippen LogP contribution in [0.3, 0.4) is 0 Å². The maximum atomic E-state index is 11.7. The Balaban J connectivity index is 2.79. The highest BCUT2D eigenvalue weighted by molar-refractivity contribution is 5.76. The van der Waals surface area contributed by atoms with E-state index in [4.69, 9.17) is 5.73 Å². The molecule has 0 atom stereocenters. The lowest BCUT2D eigenvalue weighted by Gasteiger charge is -2.26. The van der Waals surface area contributed by atoms with E-state index in [-0.39, 0.29) is 11.9 Å². The second-order valence-electron chi connectivity index (χ2n) is 4.21. The van der Waals surface area contributed by atoms with Gasteiger partial charge in [-0.3, -0.25) is 4.79 Å². The first-order chi connectivity index (χ1) is 7.54. The fraction of sp³-hybridized carbons (Fsp3) is 0.462. The van der Waals surface area contributed by atoms with Crippen molar-refractivity contribution < 1.29 is 4.79 Å². The molecular weight excluding hydrogens is 200 g/mol. The molecule has 1 aromatic rings. The highest BCUT2D eigenvalue weighted by Crippen LogP contribution is 2.12. The fourth-order valence-electron chi connectivity index (χ4n) is 1.65. The van der Waals surface area contributed by atoms with Gasteiger partial charge in [0.25, 0.3) is 0 Å². The first kappa shape index (κ1) is 12.6. The van der Waals surface area contributed by atoms with Crippen LogP contribution >= 0.6 is 0 Å². The lowest BCUT2D eigenvalue weighted by Crippen LogP contribution is -2.35. The van der Waals surface area contributed by atoms with Gasteiger partial charge in [0.2, 0.25) is 5.91 Å². The van der Waals surface area contributed by atoms with Crippen LogP contribution in [0.1, 0.15) is 32.8 Å². The van der Waals surface area contributed by atoms with Gasteiger partial charge < -0.3 is 10.6 Å². The number of rotatable bonds is 4. The Morgan fingerprint density at radius 1 is 1.44 bits per heavy atom. The van der Waals surface area contributed by atoms with Gasteiger partial charge in [0.15, 0.2) is 0 Å². The van der Waals surface area contributed by atoms with E-state index in [2.05, 4.69) is 0 Å². The SMILES string of the molecule is CCC(=O)N(Cc1cccc(N)c1)C(C)C. The Kier molecular flexibility index (Phi) is 4.35. The number of amides is 1. The highest BCUT2D eigenvalue weighted by atomic mass is 16.2. The van der Waals surface area contributed by atoms with Crippen LogP contribution in [0.15, 0.2) is 24.3 Å². The van der Waals surface area contributed by atoms with Crippen molar-refractivity contribution >= 4 is 11.6 Å². The van der Waals surface area contributed by atoms with Crippen LogP contribution in [0.2, 0.25) is 0 Å². The molecule has 0 aliphatic carbocycles. The summed E-state index contributed by atoms with van der Waals surface area (Å²) in [5, 5.41) is 0. The van der Waals surface area contributed by atoms with Gasteiger partial charge in [0.1, 0.15) is 0 Å². The summed E-state index contributed by atoms with van der Waals surface area (Å²) in [5.74, 6) is 0.178. The minimum atomic E-state index is 0.178. The third-order valence-electron chi connectivity index (χ3n) is 2.55. The van der Waals surface area contributed by atoms with E-state index in [0.717, 1.165) is 11.3 Å². The van der Waals surface area contributed by atoms with Gasteiger partial charge in [-0.15, -0.1) is 0 Å². The molecule has 0 saturated heterocycles. The van der Waals surface area contributed by atoms with Gasteiger partial charge >= 0.3 is 0 Å². The molecule has 0 fully saturated rings. The molecule has 1 amide bonds. The molecule has 3 nitrogen and oxygen atoms in total. The molecule has 0 unspecified atom stereocenters. The molecule has 0 bridgehead atoms. The van der Waals surface area contributed by atoms with Crippen LogP contribution < -0.4 is 5.73 Å². The van der Waals surface area contributed by atoms with E-state index < -0.39 is 0 Å². The Morgan fingerprint density at radius 3 is 2.62 bits per heavy atom. The summed E-state index contributed by atoms with van der Waals surface area (Å²) < 4.78 is 0. The molecule has 0 aliphatic rings. The van der Waals surface area contributed by atoms with E-state index in [1.807, 2.05) is 49.9 Å². The van der Waals surface area contributed by atoms with E-state index in [0.29, 0.717) is 13.0 Å². The van der Waals surface area contributed by atoms with Crippen molar-refractivity contribution in [1.29, 1.82) is 0 Å². The minimum Gasteiger partial charge on any atom is -0.399 e.